The summed E-state index contributed by atoms with van der Waals surface area (Å²) in [6.07, 6.45) is 2.66. The number of carbonyl (C=O) groups is 1. The quantitative estimate of drug-likeness (QED) is 0.739. The second-order valence-electron chi connectivity index (χ2n) is 7.83. The van der Waals surface area contributed by atoms with E-state index in [1.165, 1.54) is 11.1 Å². The van der Waals surface area contributed by atoms with Crippen LogP contribution in [0, 0.1) is 5.41 Å². The standard InChI is InChI=1S/C18H25BrN2O2/c1-17(2,3)23-16(22)21-8-6-18(7-9-21)11-12-4-5-13(19)10-14(12)15(18)20/h4-5,10,15H,6-9,11,20H2,1-3H3/t15-/m0/s1. The zero-order chi connectivity index (χ0) is 16.8. The highest BCUT2D eigenvalue weighted by Gasteiger charge is 2.46. The number of hydrogen-bond donors (Lipinski definition) is 1. The first-order valence-corrected chi connectivity index (χ1v) is 9.01. The summed E-state index contributed by atoms with van der Waals surface area (Å²) in [5.41, 5.74) is 8.84. The van der Waals surface area contributed by atoms with E-state index >= 15 is 0 Å². The average Bonchev–Trinajstić information content (AvgIpc) is 2.71. The lowest BCUT2D eigenvalue weighted by molar-refractivity contribution is 0.00797. The van der Waals surface area contributed by atoms with Crippen LogP contribution in [0.3, 0.4) is 0 Å². The Morgan fingerprint density at radius 3 is 2.61 bits per heavy atom. The second kappa shape index (κ2) is 5.78. The van der Waals surface area contributed by atoms with Crippen LogP contribution in [0.1, 0.15) is 50.8 Å². The molecule has 1 aliphatic carbocycles. The Morgan fingerprint density at radius 2 is 2.00 bits per heavy atom. The first-order chi connectivity index (χ1) is 10.7. The van der Waals surface area contributed by atoms with Crippen molar-refractivity contribution in [3.63, 3.8) is 0 Å². The number of hydrogen-bond acceptors (Lipinski definition) is 3. The molecular formula is C18H25BrN2O2. The van der Waals surface area contributed by atoms with Crippen molar-refractivity contribution in [3.8, 4) is 0 Å². The Labute approximate surface area is 146 Å². The van der Waals surface area contributed by atoms with E-state index in [1.54, 1.807) is 0 Å². The lowest BCUT2D eigenvalue weighted by Crippen LogP contribution is -2.47. The highest BCUT2D eigenvalue weighted by atomic mass is 79.9. The van der Waals surface area contributed by atoms with Crippen LogP contribution in [0.4, 0.5) is 4.79 Å². The van der Waals surface area contributed by atoms with Gasteiger partial charge in [0.25, 0.3) is 0 Å². The zero-order valence-corrected chi connectivity index (χ0v) is 15.6. The molecule has 23 heavy (non-hydrogen) atoms. The third-order valence-corrected chi connectivity index (χ3v) is 5.55. The number of piperidine rings is 1. The van der Waals surface area contributed by atoms with Gasteiger partial charge < -0.3 is 15.4 Å². The van der Waals surface area contributed by atoms with Crippen LogP contribution in [0.15, 0.2) is 22.7 Å². The molecule has 2 aliphatic rings. The largest absolute Gasteiger partial charge is 0.444 e. The number of ether oxygens (including phenoxy) is 1. The van der Waals surface area contributed by atoms with E-state index in [0.29, 0.717) is 0 Å². The summed E-state index contributed by atoms with van der Waals surface area (Å²) in [6.45, 7) is 7.14. The lowest BCUT2D eigenvalue weighted by atomic mass is 9.73. The van der Waals surface area contributed by atoms with E-state index in [9.17, 15) is 4.79 Å². The molecule has 0 radical (unpaired) electrons. The minimum Gasteiger partial charge on any atom is -0.444 e. The third kappa shape index (κ3) is 3.26. The van der Waals surface area contributed by atoms with Crippen molar-refractivity contribution in [1.29, 1.82) is 0 Å². The molecule has 1 spiro atoms. The summed E-state index contributed by atoms with van der Waals surface area (Å²) in [7, 11) is 0. The molecule has 3 rings (SSSR count). The van der Waals surface area contributed by atoms with Crippen LogP contribution in [-0.4, -0.2) is 29.7 Å². The van der Waals surface area contributed by atoms with Crippen molar-refractivity contribution in [2.45, 2.75) is 51.7 Å². The molecule has 0 unspecified atom stereocenters. The Kier molecular flexibility index (Phi) is 4.21. The molecule has 1 aromatic rings. The van der Waals surface area contributed by atoms with Crippen molar-refractivity contribution in [1.82, 2.24) is 4.90 Å². The fourth-order valence-corrected chi connectivity index (χ4v) is 4.16. The SMILES string of the molecule is CC(C)(C)OC(=O)N1CCC2(CC1)Cc1ccc(Br)cc1[C@@H]2N. The maximum atomic E-state index is 12.2. The van der Waals surface area contributed by atoms with Gasteiger partial charge in [0.2, 0.25) is 0 Å². The lowest BCUT2D eigenvalue weighted by Gasteiger charge is -2.42. The fourth-order valence-electron chi connectivity index (χ4n) is 3.78. The van der Waals surface area contributed by atoms with Crippen LogP contribution in [0.2, 0.25) is 0 Å². The average molecular weight is 381 g/mol. The van der Waals surface area contributed by atoms with E-state index in [0.717, 1.165) is 36.8 Å². The van der Waals surface area contributed by atoms with Gasteiger partial charge in [-0.2, -0.15) is 0 Å². The molecule has 2 N–H and O–H groups in total. The fraction of sp³-hybridized carbons (Fsp3) is 0.611. The molecule has 126 valence electrons. The highest BCUT2D eigenvalue weighted by molar-refractivity contribution is 9.10. The highest BCUT2D eigenvalue weighted by Crippen LogP contribution is 2.51. The summed E-state index contributed by atoms with van der Waals surface area (Å²) in [5.74, 6) is 0. The van der Waals surface area contributed by atoms with Crippen molar-refractivity contribution in [2.24, 2.45) is 11.1 Å². The molecule has 5 heteroatoms. The van der Waals surface area contributed by atoms with Crippen LogP contribution in [-0.2, 0) is 11.2 Å². The summed E-state index contributed by atoms with van der Waals surface area (Å²) in [4.78, 5) is 14.0. The number of amides is 1. The number of likely N-dealkylation sites (tertiary alicyclic amines) is 1. The zero-order valence-electron chi connectivity index (χ0n) is 14.1. The molecule has 1 amide bonds. The van der Waals surface area contributed by atoms with Gasteiger partial charge >= 0.3 is 6.09 Å². The first-order valence-electron chi connectivity index (χ1n) is 8.22. The molecule has 0 bridgehead atoms. The van der Waals surface area contributed by atoms with Gasteiger partial charge in [-0.25, -0.2) is 4.79 Å². The Morgan fingerprint density at radius 1 is 1.35 bits per heavy atom. The van der Waals surface area contributed by atoms with Gasteiger partial charge in [0.15, 0.2) is 0 Å². The molecular weight excluding hydrogens is 356 g/mol. The molecule has 1 aromatic carbocycles. The monoisotopic (exact) mass is 380 g/mol. The Balaban J connectivity index is 1.69. The molecule has 1 aliphatic heterocycles. The van der Waals surface area contributed by atoms with E-state index in [-0.39, 0.29) is 17.6 Å². The topological polar surface area (TPSA) is 55.6 Å². The number of nitrogens with two attached hydrogens (primary N) is 1. The van der Waals surface area contributed by atoms with Gasteiger partial charge in [-0.1, -0.05) is 22.0 Å². The Bertz CT molecular complexity index is 616. The number of benzene rings is 1. The van der Waals surface area contributed by atoms with Crippen LogP contribution in [0.25, 0.3) is 0 Å². The van der Waals surface area contributed by atoms with Gasteiger partial charge in [0.1, 0.15) is 5.60 Å². The molecule has 0 aromatic heterocycles. The maximum Gasteiger partial charge on any atom is 0.410 e. The van der Waals surface area contributed by atoms with E-state index in [1.807, 2.05) is 25.7 Å². The van der Waals surface area contributed by atoms with E-state index in [4.69, 9.17) is 10.5 Å². The summed E-state index contributed by atoms with van der Waals surface area (Å²) < 4.78 is 6.56. The van der Waals surface area contributed by atoms with Crippen LogP contribution >= 0.6 is 15.9 Å². The Hall–Kier alpha value is -1.07. The van der Waals surface area contributed by atoms with Crippen molar-refractivity contribution < 1.29 is 9.53 Å². The number of nitrogens with zero attached hydrogens (tertiary/aromatic N) is 1. The number of halogens is 1. The molecule has 0 saturated carbocycles. The maximum absolute atomic E-state index is 12.2. The summed E-state index contributed by atoms with van der Waals surface area (Å²) in [5, 5.41) is 0. The molecule has 1 heterocycles. The van der Waals surface area contributed by atoms with Crippen LogP contribution in [0.5, 0.6) is 0 Å². The van der Waals surface area contributed by atoms with Gasteiger partial charge in [-0.05, 0) is 68.7 Å². The summed E-state index contributed by atoms with van der Waals surface area (Å²) in [6, 6.07) is 6.46. The normalized spacial score (nSPS) is 23.0. The molecule has 1 saturated heterocycles. The van der Waals surface area contributed by atoms with Gasteiger partial charge in [0.05, 0.1) is 0 Å². The van der Waals surface area contributed by atoms with Gasteiger partial charge in [-0.3, -0.25) is 0 Å². The number of rotatable bonds is 0. The minimum absolute atomic E-state index is 0.0517. The van der Waals surface area contributed by atoms with E-state index in [2.05, 4.69) is 34.1 Å². The number of carbonyl (C=O) groups excluding carboxylic acids is 1. The number of fused-ring (bicyclic) bond motifs is 1. The van der Waals surface area contributed by atoms with Crippen molar-refractivity contribution in [2.75, 3.05) is 13.1 Å². The van der Waals surface area contributed by atoms with Crippen molar-refractivity contribution >= 4 is 22.0 Å². The van der Waals surface area contributed by atoms with Crippen LogP contribution < -0.4 is 5.73 Å². The summed E-state index contributed by atoms with van der Waals surface area (Å²) >= 11 is 3.54. The smallest absolute Gasteiger partial charge is 0.410 e. The predicted molar refractivity (Wildman–Crippen MR) is 94.2 cm³/mol. The molecule has 1 atom stereocenters. The first kappa shape index (κ1) is 16.8. The second-order valence-corrected chi connectivity index (χ2v) is 8.74. The minimum atomic E-state index is -0.446. The van der Waals surface area contributed by atoms with Gasteiger partial charge in [0, 0.05) is 23.6 Å². The third-order valence-electron chi connectivity index (χ3n) is 5.06. The molecule has 1 fully saturated rings. The predicted octanol–water partition coefficient (Wildman–Crippen LogP) is 4.02. The van der Waals surface area contributed by atoms with Crippen molar-refractivity contribution in [3.05, 3.63) is 33.8 Å². The van der Waals surface area contributed by atoms with E-state index < -0.39 is 5.60 Å². The molecule has 4 nitrogen and oxygen atoms in total. The van der Waals surface area contributed by atoms with Gasteiger partial charge in [-0.15, -0.1) is 0 Å².